The maximum Gasteiger partial charge on any atom is 0.303 e. The van der Waals surface area contributed by atoms with Gasteiger partial charge in [0.05, 0.1) is 0 Å². The summed E-state index contributed by atoms with van der Waals surface area (Å²) >= 11 is 0. The van der Waals surface area contributed by atoms with E-state index in [1.807, 2.05) is 0 Å². The van der Waals surface area contributed by atoms with Gasteiger partial charge in [-0.05, 0) is 12.3 Å². The molecule has 0 atom stereocenters. The molecule has 0 aromatic heterocycles. The zero-order valence-corrected chi connectivity index (χ0v) is 17.4. The lowest BCUT2D eigenvalue weighted by atomic mass is 10.0. The normalized spacial score (nSPS) is 11.3. The highest BCUT2D eigenvalue weighted by molar-refractivity contribution is 5.66. The Balaban J connectivity index is 2.99. The van der Waals surface area contributed by atoms with Crippen LogP contribution in [0.25, 0.3) is 0 Å². The molecule has 0 saturated heterocycles. The van der Waals surface area contributed by atoms with Crippen molar-refractivity contribution in [2.75, 3.05) is 0 Å². The van der Waals surface area contributed by atoms with Gasteiger partial charge in [-0.25, -0.2) is 0 Å². The molecular weight excluding hydrogens is 308 g/mol. The molecule has 0 saturated carbocycles. The van der Waals surface area contributed by atoms with E-state index in [0.717, 1.165) is 18.8 Å². The van der Waals surface area contributed by atoms with Crippen molar-refractivity contribution in [3.63, 3.8) is 0 Å². The lowest BCUT2D eigenvalue weighted by molar-refractivity contribution is -0.137. The highest BCUT2D eigenvalue weighted by atomic mass is 16.4. The van der Waals surface area contributed by atoms with E-state index in [9.17, 15) is 4.79 Å². The molecule has 0 aromatic carbocycles. The van der Waals surface area contributed by atoms with Crippen molar-refractivity contribution >= 4 is 5.97 Å². The summed E-state index contributed by atoms with van der Waals surface area (Å²) in [6.07, 6.45) is 24.7. The average molecular weight is 355 g/mol. The van der Waals surface area contributed by atoms with E-state index in [2.05, 4.69) is 13.8 Å². The first-order chi connectivity index (χ1) is 12.1. The van der Waals surface area contributed by atoms with Crippen LogP contribution in [0.2, 0.25) is 0 Å². The highest BCUT2D eigenvalue weighted by Crippen LogP contribution is 2.15. The SMILES string of the molecule is CC(C)CCCCCCCCCCCCCCCCCCCC(=O)O. The minimum Gasteiger partial charge on any atom is -0.481 e. The van der Waals surface area contributed by atoms with Gasteiger partial charge < -0.3 is 5.11 Å². The molecule has 0 amide bonds. The Kier molecular flexibility index (Phi) is 19.4. The van der Waals surface area contributed by atoms with Crippen LogP contribution in [-0.4, -0.2) is 11.1 Å². The maximum absolute atomic E-state index is 10.4. The zero-order chi connectivity index (χ0) is 18.6. The van der Waals surface area contributed by atoms with Gasteiger partial charge >= 0.3 is 5.97 Å². The van der Waals surface area contributed by atoms with Gasteiger partial charge in [0.25, 0.3) is 0 Å². The van der Waals surface area contributed by atoms with Crippen LogP contribution >= 0.6 is 0 Å². The van der Waals surface area contributed by atoms with Gasteiger partial charge in [-0.1, -0.05) is 123 Å². The van der Waals surface area contributed by atoms with Crippen LogP contribution in [0.1, 0.15) is 136 Å². The topological polar surface area (TPSA) is 37.3 Å². The third-order valence-electron chi connectivity index (χ3n) is 5.17. The third-order valence-corrected chi connectivity index (χ3v) is 5.17. The standard InChI is InChI=1S/C23H46O2/c1-22(2)20-18-16-14-12-10-8-6-4-3-5-7-9-11-13-15-17-19-21-23(24)25/h22H,3-21H2,1-2H3,(H,24,25). The van der Waals surface area contributed by atoms with E-state index in [0.29, 0.717) is 6.42 Å². The molecule has 0 aromatic rings. The summed E-state index contributed by atoms with van der Waals surface area (Å²) < 4.78 is 0. The van der Waals surface area contributed by atoms with Gasteiger partial charge in [-0.15, -0.1) is 0 Å². The molecule has 0 aliphatic rings. The Hall–Kier alpha value is -0.530. The predicted octanol–water partition coefficient (Wildman–Crippen LogP) is 8.14. The quantitative estimate of drug-likeness (QED) is 0.224. The molecule has 150 valence electrons. The molecule has 25 heavy (non-hydrogen) atoms. The maximum atomic E-state index is 10.4. The molecule has 1 N–H and O–H groups in total. The molecular formula is C23H46O2. The van der Waals surface area contributed by atoms with Crippen LogP contribution in [0.3, 0.4) is 0 Å². The molecule has 0 spiro atoms. The van der Waals surface area contributed by atoms with Crippen molar-refractivity contribution in [3.05, 3.63) is 0 Å². The molecule has 0 unspecified atom stereocenters. The molecule has 0 heterocycles. The Morgan fingerprint density at radius 3 is 1.12 bits per heavy atom. The van der Waals surface area contributed by atoms with Crippen molar-refractivity contribution in [1.29, 1.82) is 0 Å². The lowest BCUT2D eigenvalue weighted by Gasteiger charge is -2.05. The number of carboxylic acids is 1. The summed E-state index contributed by atoms with van der Waals surface area (Å²) in [6, 6.07) is 0. The van der Waals surface area contributed by atoms with Gasteiger partial charge in [0.2, 0.25) is 0 Å². The fraction of sp³-hybridized carbons (Fsp3) is 0.957. The summed E-state index contributed by atoms with van der Waals surface area (Å²) in [5.74, 6) is 0.227. The van der Waals surface area contributed by atoms with E-state index in [-0.39, 0.29) is 0 Å². The van der Waals surface area contributed by atoms with Crippen LogP contribution in [0.5, 0.6) is 0 Å². The van der Waals surface area contributed by atoms with Gasteiger partial charge in [0, 0.05) is 6.42 Å². The highest BCUT2D eigenvalue weighted by Gasteiger charge is 1.97. The van der Waals surface area contributed by atoms with Gasteiger partial charge in [-0.3, -0.25) is 4.79 Å². The summed E-state index contributed by atoms with van der Waals surface area (Å²) in [5, 5.41) is 8.56. The Labute approximate surface area is 158 Å². The van der Waals surface area contributed by atoms with Gasteiger partial charge in [0.1, 0.15) is 0 Å². The fourth-order valence-corrected chi connectivity index (χ4v) is 3.48. The van der Waals surface area contributed by atoms with Gasteiger partial charge in [-0.2, -0.15) is 0 Å². The second kappa shape index (κ2) is 19.8. The Bertz CT molecular complexity index is 273. The Morgan fingerprint density at radius 2 is 0.840 bits per heavy atom. The van der Waals surface area contributed by atoms with Crippen molar-refractivity contribution in [3.8, 4) is 0 Å². The number of hydrogen-bond acceptors (Lipinski definition) is 1. The summed E-state index contributed by atoms with van der Waals surface area (Å²) in [4.78, 5) is 10.4. The van der Waals surface area contributed by atoms with E-state index >= 15 is 0 Å². The molecule has 0 radical (unpaired) electrons. The molecule has 2 nitrogen and oxygen atoms in total. The number of unbranched alkanes of at least 4 members (excludes halogenated alkanes) is 16. The largest absolute Gasteiger partial charge is 0.481 e. The molecule has 0 bridgehead atoms. The third kappa shape index (κ3) is 23.5. The number of hydrogen-bond donors (Lipinski definition) is 1. The van der Waals surface area contributed by atoms with E-state index in [4.69, 9.17) is 5.11 Å². The van der Waals surface area contributed by atoms with E-state index in [1.54, 1.807) is 0 Å². The summed E-state index contributed by atoms with van der Waals surface area (Å²) in [7, 11) is 0. The minimum atomic E-state index is -0.651. The number of rotatable bonds is 20. The van der Waals surface area contributed by atoms with Crippen molar-refractivity contribution in [1.82, 2.24) is 0 Å². The van der Waals surface area contributed by atoms with Crippen LogP contribution in [-0.2, 0) is 4.79 Å². The summed E-state index contributed by atoms with van der Waals surface area (Å²) in [6.45, 7) is 4.65. The number of aliphatic carboxylic acids is 1. The second-order valence-electron chi connectivity index (χ2n) is 8.34. The van der Waals surface area contributed by atoms with Crippen molar-refractivity contribution < 1.29 is 9.90 Å². The van der Waals surface area contributed by atoms with Crippen molar-refractivity contribution in [2.24, 2.45) is 5.92 Å². The smallest absolute Gasteiger partial charge is 0.303 e. The summed E-state index contributed by atoms with van der Waals surface area (Å²) in [5.41, 5.74) is 0. The van der Waals surface area contributed by atoms with Crippen LogP contribution in [0.15, 0.2) is 0 Å². The molecule has 0 aliphatic carbocycles. The van der Waals surface area contributed by atoms with Crippen molar-refractivity contribution in [2.45, 2.75) is 136 Å². The Morgan fingerprint density at radius 1 is 0.560 bits per heavy atom. The predicted molar refractivity (Wildman–Crippen MR) is 110 cm³/mol. The zero-order valence-electron chi connectivity index (χ0n) is 17.4. The first-order valence-electron chi connectivity index (χ1n) is 11.3. The van der Waals surface area contributed by atoms with E-state index < -0.39 is 5.97 Å². The average Bonchev–Trinajstić information content (AvgIpc) is 2.56. The molecule has 0 rings (SSSR count). The monoisotopic (exact) mass is 354 g/mol. The van der Waals surface area contributed by atoms with E-state index in [1.165, 1.54) is 103 Å². The van der Waals surface area contributed by atoms with Crippen LogP contribution in [0, 0.1) is 5.92 Å². The first kappa shape index (κ1) is 24.5. The fourth-order valence-electron chi connectivity index (χ4n) is 3.48. The van der Waals surface area contributed by atoms with Crippen LogP contribution < -0.4 is 0 Å². The minimum absolute atomic E-state index is 0.345. The molecule has 0 aliphatic heterocycles. The number of carbonyl (C=O) groups is 1. The first-order valence-corrected chi connectivity index (χ1v) is 11.3. The van der Waals surface area contributed by atoms with Gasteiger partial charge in [0.15, 0.2) is 0 Å². The molecule has 2 heteroatoms. The lowest BCUT2D eigenvalue weighted by Crippen LogP contribution is -1.93. The molecule has 0 fully saturated rings. The van der Waals surface area contributed by atoms with Crippen LogP contribution in [0.4, 0.5) is 0 Å². The second-order valence-corrected chi connectivity index (χ2v) is 8.34. The number of carboxylic acid groups (broad SMARTS) is 1.